The van der Waals surface area contributed by atoms with Crippen molar-refractivity contribution in [1.82, 2.24) is 21.1 Å². The molecule has 0 aliphatic carbocycles. The van der Waals surface area contributed by atoms with Crippen LogP contribution in [0, 0.1) is 0 Å². The van der Waals surface area contributed by atoms with Gasteiger partial charge in [0.25, 0.3) is 0 Å². The summed E-state index contributed by atoms with van der Waals surface area (Å²) < 4.78 is 5.14. The average molecular weight is 378 g/mol. The van der Waals surface area contributed by atoms with Crippen molar-refractivity contribution < 1.29 is 24.2 Å². The number of carbonyl (C=O) groups excluding carboxylic acids is 2. The predicted molar refractivity (Wildman–Crippen MR) is 97.9 cm³/mol. The van der Waals surface area contributed by atoms with Crippen molar-refractivity contribution in [2.75, 3.05) is 20.2 Å². The van der Waals surface area contributed by atoms with Crippen LogP contribution in [0.5, 0.6) is 5.75 Å². The molecular weight excluding hydrogens is 352 g/mol. The Kier molecular flexibility index (Phi) is 7.14. The summed E-state index contributed by atoms with van der Waals surface area (Å²) in [5, 5.41) is 11.9. The molecule has 0 aromatic heterocycles. The number of benzene rings is 1. The Hall–Kier alpha value is -2.65. The average Bonchev–Trinajstić information content (AvgIpc) is 3.14. The Morgan fingerprint density at radius 3 is 2.52 bits per heavy atom. The largest absolute Gasteiger partial charge is 0.497 e. The quantitative estimate of drug-likeness (QED) is 0.504. The third-order valence-corrected chi connectivity index (χ3v) is 4.55. The lowest BCUT2D eigenvalue weighted by molar-refractivity contribution is -0.150. The van der Waals surface area contributed by atoms with Gasteiger partial charge >= 0.3 is 5.97 Å². The van der Waals surface area contributed by atoms with Crippen LogP contribution in [0.1, 0.15) is 31.9 Å². The van der Waals surface area contributed by atoms with Crippen LogP contribution in [-0.4, -0.2) is 60.1 Å². The fourth-order valence-corrected chi connectivity index (χ4v) is 2.95. The summed E-state index contributed by atoms with van der Waals surface area (Å²) in [6.45, 7) is 3.14. The Morgan fingerprint density at radius 1 is 1.30 bits per heavy atom. The van der Waals surface area contributed by atoms with E-state index in [1.54, 1.807) is 7.11 Å². The number of aliphatic carboxylic acids is 1. The molecule has 0 bridgehead atoms. The molecule has 9 nitrogen and oxygen atoms in total. The van der Waals surface area contributed by atoms with Crippen LogP contribution in [0.15, 0.2) is 24.3 Å². The summed E-state index contributed by atoms with van der Waals surface area (Å²) in [4.78, 5) is 36.6. The van der Waals surface area contributed by atoms with Crippen LogP contribution in [-0.2, 0) is 14.4 Å². The van der Waals surface area contributed by atoms with Crippen molar-refractivity contribution in [3.63, 3.8) is 0 Å². The third kappa shape index (κ3) is 5.41. The molecule has 3 unspecified atom stereocenters. The maximum atomic E-state index is 12.9. The summed E-state index contributed by atoms with van der Waals surface area (Å²) in [5.74, 6) is -0.898. The van der Waals surface area contributed by atoms with E-state index in [2.05, 4.69) is 16.2 Å². The highest BCUT2D eigenvalue weighted by Crippen LogP contribution is 2.25. The van der Waals surface area contributed by atoms with E-state index in [1.165, 1.54) is 18.7 Å². The van der Waals surface area contributed by atoms with Crippen LogP contribution in [0.25, 0.3) is 0 Å². The maximum Gasteiger partial charge on any atom is 0.326 e. The van der Waals surface area contributed by atoms with Crippen molar-refractivity contribution in [2.24, 2.45) is 0 Å². The first-order valence-electron chi connectivity index (χ1n) is 8.76. The summed E-state index contributed by atoms with van der Waals surface area (Å²) in [5.41, 5.74) is 7.03. The van der Waals surface area contributed by atoms with Crippen molar-refractivity contribution in [1.29, 1.82) is 0 Å². The number of nitrogens with one attached hydrogen (secondary N) is 3. The number of carboxylic acids is 1. The van der Waals surface area contributed by atoms with Gasteiger partial charge < -0.3 is 20.1 Å². The Morgan fingerprint density at radius 2 is 1.96 bits per heavy atom. The second kappa shape index (κ2) is 9.33. The molecule has 1 aromatic rings. The number of hydrogen-bond donors (Lipinski definition) is 4. The monoisotopic (exact) mass is 378 g/mol. The van der Waals surface area contributed by atoms with E-state index in [1.807, 2.05) is 24.3 Å². The second-order valence-electron chi connectivity index (χ2n) is 6.43. The number of hydrazine groups is 1. The maximum absolute atomic E-state index is 12.9. The molecule has 2 amide bonds. The molecule has 148 valence electrons. The van der Waals surface area contributed by atoms with Crippen molar-refractivity contribution in [3.8, 4) is 5.75 Å². The van der Waals surface area contributed by atoms with Gasteiger partial charge in [-0.05, 0) is 31.0 Å². The number of ether oxygens (including phenoxy) is 1. The van der Waals surface area contributed by atoms with Crippen molar-refractivity contribution in [3.05, 3.63) is 29.8 Å². The molecule has 0 spiro atoms. The fourth-order valence-electron chi connectivity index (χ4n) is 2.95. The lowest BCUT2D eigenvalue weighted by atomic mass is 10.0. The zero-order chi connectivity index (χ0) is 20.0. The summed E-state index contributed by atoms with van der Waals surface area (Å²) in [7, 11) is 1.60. The van der Waals surface area contributed by atoms with E-state index in [0.717, 1.165) is 11.3 Å². The highest BCUT2D eigenvalue weighted by atomic mass is 16.5. The molecule has 0 radical (unpaired) electrons. The SMILES string of the molecule is COc1ccc(C2CC(C(=O)N(CCNC(C)=O)C(C)C(=O)O)NN2)cc1. The normalized spacial score (nSPS) is 20.0. The highest BCUT2D eigenvalue weighted by molar-refractivity contribution is 5.87. The first-order chi connectivity index (χ1) is 12.8. The first-order valence-corrected chi connectivity index (χ1v) is 8.76. The molecule has 2 rings (SSSR count). The number of amides is 2. The van der Waals surface area contributed by atoms with Gasteiger partial charge in [-0.2, -0.15) is 0 Å². The number of hydrogen-bond acceptors (Lipinski definition) is 6. The van der Waals surface area contributed by atoms with E-state index in [-0.39, 0.29) is 30.9 Å². The van der Waals surface area contributed by atoms with E-state index in [4.69, 9.17) is 4.74 Å². The van der Waals surface area contributed by atoms with Gasteiger partial charge in [0.1, 0.15) is 17.8 Å². The van der Waals surface area contributed by atoms with E-state index in [9.17, 15) is 19.5 Å². The van der Waals surface area contributed by atoms with Crippen LogP contribution < -0.4 is 20.9 Å². The standard InChI is InChI=1S/C18H26N4O5/c1-11(18(25)26)22(9-8-19-12(2)23)17(24)16-10-15(20-21-16)13-4-6-14(27-3)7-5-13/h4-7,11,15-16,20-21H,8-10H2,1-3H3,(H,19,23)(H,25,26). The van der Waals surface area contributed by atoms with Crippen LogP contribution in [0.2, 0.25) is 0 Å². The fraction of sp³-hybridized carbons (Fsp3) is 0.500. The lowest BCUT2D eigenvalue weighted by Crippen LogP contribution is -2.53. The molecule has 1 aliphatic heterocycles. The topological polar surface area (TPSA) is 120 Å². The van der Waals surface area contributed by atoms with E-state index < -0.39 is 18.1 Å². The Bertz CT molecular complexity index is 679. The van der Waals surface area contributed by atoms with Gasteiger partial charge in [-0.25, -0.2) is 15.6 Å². The molecule has 1 fully saturated rings. The molecule has 3 atom stereocenters. The minimum absolute atomic E-state index is 0.0813. The van der Waals surface area contributed by atoms with Crippen LogP contribution >= 0.6 is 0 Å². The van der Waals surface area contributed by atoms with E-state index >= 15 is 0 Å². The summed E-state index contributed by atoms with van der Waals surface area (Å²) in [6, 6.07) is 5.89. The van der Waals surface area contributed by atoms with E-state index in [0.29, 0.717) is 6.42 Å². The van der Waals surface area contributed by atoms with Gasteiger partial charge in [0.2, 0.25) is 11.8 Å². The van der Waals surface area contributed by atoms with Gasteiger partial charge in [-0.1, -0.05) is 12.1 Å². The number of rotatable bonds is 8. The minimum atomic E-state index is -1.09. The van der Waals surface area contributed by atoms with Crippen molar-refractivity contribution in [2.45, 2.75) is 38.4 Å². The zero-order valence-corrected chi connectivity index (χ0v) is 15.7. The summed E-state index contributed by atoms with van der Waals surface area (Å²) >= 11 is 0. The number of nitrogens with zero attached hydrogens (tertiary/aromatic N) is 1. The number of carbonyl (C=O) groups is 3. The first kappa shape index (κ1) is 20.7. The molecule has 9 heteroatoms. The molecule has 1 saturated heterocycles. The molecule has 1 aliphatic rings. The summed E-state index contributed by atoms with van der Waals surface area (Å²) in [6.07, 6.45) is 0.480. The number of methoxy groups -OCH3 is 1. The molecule has 1 heterocycles. The van der Waals surface area contributed by atoms with Gasteiger partial charge in [-0.3, -0.25) is 9.59 Å². The predicted octanol–water partition coefficient (Wildman–Crippen LogP) is 0.0406. The zero-order valence-electron chi connectivity index (χ0n) is 15.7. The third-order valence-electron chi connectivity index (χ3n) is 4.55. The smallest absolute Gasteiger partial charge is 0.326 e. The molecule has 27 heavy (non-hydrogen) atoms. The van der Waals surface area contributed by atoms with Gasteiger partial charge in [0.15, 0.2) is 0 Å². The highest BCUT2D eigenvalue weighted by Gasteiger charge is 2.36. The number of carboxylic acid groups (broad SMARTS) is 1. The minimum Gasteiger partial charge on any atom is -0.497 e. The van der Waals surface area contributed by atoms with Crippen LogP contribution in [0.4, 0.5) is 0 Å². The molecular formula is C18H26N4O5. The van der Waals surface area contributed by atoms with Crippen LogP contribution in [0.3, 0.4) is 0 Å². The Labute approximate surface area is 158 Å². The van der Waals surface area contributed by atoms with Gasteiger partial charge in [0.05, 0.1) is 7.11 Å². The Balaban J connectivity index is 2.03. The van der Waals surface area contributed by atoms with Crippen molar-refractivity contribution >= 4 is 17.8 Å². The second-order valence-corrected chi connectivity index (χ2v) is 6.43. The molecule has 4 N–H and O–H groups in total. The molecule has 0 saturated carbocycles. The van der Waals surface area contributed by atoms with Gasteiger partial charge in [0, 0.05) is 26.1 Å². The molecule has 1 aromatic carbocycles. The lowest BCUT2D eigenvalue weighted by Gasteiger charge is -2.29. The van der Waals surface area contributed by atoms with Gasteiger partial charge in [-0.15, -0.1) is 0 Å².